The lowest BCUT2D eigenvalue weighted by atomic mass is 9.84. The van der Waals surface area contributed by atoms with Gasteiger partial charge in [0.25, 0.3) is 0 Å². The summed E-state index contributed by atoms with van der Waals surface area (Å²) in [7, 11) is 0. The van der Waals surface area contributed by atoms with Crippen molar-refractivity contribution < 1.29 is 9.53 Å². The number of rotatable bonds is 3. The Morgan fingerprint density at radius 2 is 2.26 bits per heavy atom. The van der Waals surface area contributed by atoms with E-state index in [2.05, 4.69) is 13.5 Å². The second-order valence-electron chi connectivity index (χ2n) is 6.18. The lowest BCUT2D eigenvalue weighted by Crippen LogP contribution is -2.32. The highest BCUT2D eigenvalue weighted by molar-refractivity contribution is 5.93. The van der Waals surface area contributed by atoms with Crippen molar-refractivity contribution in [3.63, 3.8) is 0 Å². The molecule has 0 spiro atoms. The van der Waals surface area contributed by atoms with Gasteiger partial charge in [-0.2, -0.15) is 0 Å². The van der Waals surface area contributed by atoms with E-state index < -0.39 is 0 Å². The molecule has 3 atom stereocenters. The molecule has 2 bridgehead atoms. The van der Waals surface area contributed by atoms with Crippen LogP contribution >= 0.6 is 0 Å². The van der Waals surface area contributed by atoms with Crippen LogP contribution in [0, 0.1) is 11.3 Å². The molecule has 0 N–H and O–H groups in total. The van der Waals surface area contributed by atoms with Crippen LogP contribution in [0.2, 0.25) is 0 Å². The minimum Gasteiger partial charge on any atom is -0.458 e. The van der Waals surface area contributed by atoms with Gasteiger partial charge in [-0.05, 0) is 43.2 Å². The predicted molar refractivity (Wildman–Crippen MR) is 75.8 cm³/mol. The maximum Gasteiger partial charge on any atom is 0.339 e. The van der Waals surface area contributed by atoms with Gasteiger partial charge in [0.15, 0.2) is 0 Å². The third kappa shape index (κ3) is 2.09. The Morgan fingerprint density at radius 1 is 1.47 bits per heavy atom. The SMILES string of the molecule is C=Cc1ccccc1C(=O)OC1CC2CCC1(C)C2. The van der Waals surface area contributed by atoms with Crippen LogP contribution in [-0.2, 0) is 4.74 Å². The molecule has 100 valence electrons. The molecule has 0 heterocycles. The molecular formula is C17H20O2. The van der Waals surface area contributed by atoms with Crippen molar-refractivity contribution in [2.24, 2.45) is 11.3 Å². The van der Waals surface area contributed by atoms with Crippen molar-refractivity contribution in [1.29, 1.82) is 0 Å². The van der Waals surface area contributed by atoms with Crippen LogP contribution in [0.25, 0.3) is 6.08 Å². The Bertz CT molecular complexity index is 520. The fraction of sp³-hybridized carbons (Fsp3) is 0.471. The topological polar surface area (TPSA) is 26.3 Å². The van der Waals surface area contributed by atoms with Gasteiger partial charge in [-0.1, -0.05) is 37.8 Å². The summed E-state index contributed by atoms with van der Waals surface area (Å²) in [6, 6.07) is 7.49. The first kappa shape index (κ1) is 12.5. The average molecular weight is 256 g/mol. The molecule has 3 unspecified atom stereocenters. The number of hydrogen-bond donors (Lipinski definition) is 0. The van der Waals surface area contributed by atoms with E-state index >= 15 is 0 Å². The van der Waals surface area contributed by atoms with Gasteiger partial charge in [0, 0.05) is 5.41 Å². The van der Waals surface area contributed by atoms with Crippen LogP contribution in [0.4, 0.5) is 0 Å². The van der Waals surface area contributed by atoms with Crippen LogP contribution in [0.15, 0.2) is 30.8 Å². The number of carbonyl (C=O) groups is 1. The number of carbonyl (C=O) groups excluding carboxylic acids is 1. The van der Waals surface area contributed by atoms with Crippen molar-refractivity contribution >= 4 is 12.0 Å². The molecular weight excluding hydrogens is 236 g/mol. The highest BCUT2D eigenvalue weighted by Gasteiger charge is 2.50. The lowest BCUT2D eigenvalue weighted by Gasteiger charge is -2.31. The molecule has 2 nitrogen and oxygen atoms in total. The van der Waals surface area contributed by atoms with E-state index in [1.54, 1.807) is 6.08 Å². The molecule has 0 amide bonds. The van der Waals surface area contributed by atoms with Gasteiger partial charge in [0.1, 0.15) is 6.10 Å². The van der Waals surface area contributed by atoms with Crippen LogP contribution in [0.3, 0.4) is 0 Å². The Labute approximate surface area is 114 Å². The van der Waals surface area contributed by atoms with Gasteiger partial charge in [-0.15, -0.1) is 0 Å². The van der Waals surface area contributed by atoms with Crippen LogP contribution < -0.4 is 0 Å². The molecule has 3 rings (SSSR count). The normalized spacial score (nSPS) is 32.3. The third-order valence-corrected chi connectivity index (χ3v) is 4.85. The number of fused-ring (bicyclic) bond motifs is 2. The van der Waals surface area contributed by atoms with E-state index in [0.717, 1.165) is 17.9 Å². The molecule has 2 saturated carbocycles. The molecule has 0 saturated heterocycles. The van der Waals surface area contributed by atoms with Crippen molar-refractivity contribution in [3.8, 4) is 0 Å². The molecule has 0 aromatic heterocycles. The summed E-state index contributed by atoms with van der Waals surface area (Å²) in [6.45, 7) is 6.01. The maximum absolute atomic E-state index is 12.3. The Kier molecular flexibility index (Phi) is 2.96. The van der Waals surface area contributed by atoms with E-state index in [1.807, 2.05) is 24.3 Å². The number of benzene rings is 1. The number of hydrogen-bond acceptors (Lipinski definition) is 2. The molecule has 2 fully saturated rings. The van der Waals surface area contributed by atoms with Crippen molar-refractivity contribution in [1.82, 2.24) is 0 Å². The van der Waals surface area contributed by atoms with Gasteiger partial charge in [-0.3, -0.25) is 0 Å². The zero-order chi connectivity index (χ0) is 13.5. The van der Waals surface area contributed by atoms with E-state index in [9.17, 15) is 4.79 Å². The molecule has 19 heavy (non-hydrogen) atoms. The highest BCUT2D eigenvalue weighted by atomic mass is 16.5. The first-order chi connectivity index (χ1) is 9.12. The molecule has 0 radical (unpaired) electrons. The van der Waals surface area contributed by atoms with E-state index in [-0.39, 0.29) is 17.5 Å². The van der Waals surface area contributed by atoms with Gasteiger partial charge in [0.2, 0.25) is 0 Å². The molecule has 2 aliphatic rings. The molecule has 1 aromatic rings. The molecule has 2 aliphatic carbocycles. The number of ether oxygens (including phenoxy) is 1. The van der Waals surface area contributed by atoms with Gasteiger partial charge in [0.05, 0.1) is 5.56 Å². The Morgan fingerprint density at radius 3 is 2.89 bits per heavy atom. The van der Waals surface area contributed by atoms with Gasteiger partial charge < -0.3 is 4.74 Å². The first-order valence-corrected chi connectivity index (χ1v) is 7.05. The molecule has 0 aliphatic heterocycles. The summed E-state index contributed by atoms with van der Waals surface area (Å²) in [5.41, 5.74) is 1.69. The van der Waals surface area contributed by atoms with E-state index in [1.165, 1.54) is 19.3 Å². The van der Waals surface area contributed by atoms with Crippen molar-refractivity contribution in [2.45, 2.75) is 38.7 Å². The first-order valence-electron chi connectivity index (χ1n) is 7.05. The summed E-state index contributed by atoms with van der Waals surface area (Å²) in [6.07, 6.45) is 6.55. The summed E-state index contributed by atoms with van der Waals surface area (Å²) in [5, 5.41) is 0. The Balaban J connectivity index is 1.77. The fourth-order valence-corrected chi connectivity index (χ4v) is 3.72. The second kappa shape index (κ2) is 4.52. The standard InChI is InChI=1S/C17H20O2/c1-3-13-6-4-5-7-14(13)16(18)19-15-10-12-8-9-17(15,2)11-12/h3-7,12,15H,1,8-11H2,2H3. The third-order valence-electron chi connectivity index (χ3n) is 4.85. The summed E-state index contributed by atoms with van der Waals surface area (Å²) in [4.78, 5) is 12.3. The second-order valence-corrected chi connectivity index (χ2v) is 6.18. The van der Waals surface area contributed by atoms with Gasteiger partial charge >= 0.3 is 5.97 Å². The summed E-state index contributed by atoms with van der Waals surface area (Å²) >= 11 is 0. The van der Waals surface area contributed by atoms with Crippen LogP contribution in [-0.4, -0.2) is 12.1 Å². The zero-order valence-corrected chi connectivity index (χ0v) is 11.4. The van der Waals surface area contributed by atoms with Crippen LogP contribution in [0.5, 0.6) is 0 Å². The summed E-state index contributed by atoms with van der Waals surface area (Å²) < 4.78 is 5.79. The highest BCUT2D eigenvalue weighted by Crippen LogP contribution is 2.55. The van der Waals surface area contributed by atoms with E-state index in [0.29, 0.717) is 5.56 Å². The molecule has 2 heteroatoms. The Hall–Kier alpha value is -1.57. The monoisotopic (exact) mass is 256 g/mol. The molecule has 1 aromatic carbocycles. The van der Waals surface area contributed by atoms with Crippen molar-refractivity contribution in [2.75, 3.05) is 0 Å². The minimum absolute atomic E-state index is 0.0941. The largest absolute Gasteiger partial charge is 0.458 e. The predicted octanol–water partition coefficient (Wildman–Crippen LogP) is 4.07. The fourth-order valence-electron chi connectivity index (χ4n) is 3.72. The minimum atomic E-state index is -0.200. The summed E-state index contributed by atoms with van der Waals surface area (Å²) in [5.74, 6) is 0.562. The zero-order valence-electron chi connectivity index (χ0n) is 11.4. The van der Waals surface area contributed by atoms with Crippen LogP contribution in [0.1, 0.15) is 48.5 Å². The van der Waals surface area contributed by atoms with Crippen molar-refractivity contribution in [3.05, 3.63) is 42.0 Å². The van der Waals surface area contributed by atoms with E-state index in [4.69, 9.17) is 4.74 Å². The quantitative estimate of drug-likeness (QED) is 0.762. The smallest absolute Gasteiger partial charge is 0.339 e. The lowest BCUT2D eigenvalue weighted by molar-refractivity contribution is -0.00629. The maximum atomic E-state index is 12.3. The van der Waals surface area contributed by atoms with Gasteiger partial charge in [-0.25, -0.2) is 4.79 Å². The average Bonchev–Trinajstić information content (AvgIpc) is 2.94. The number of esters is 1.